The van der Waals surface area contributed by atoms with Crippen LogP contribution in [0.1, 0.15) is 33.1 Å². The van der Waals surface area contributed by atoms with E-state index in [0.29, 0.717) is 31.1 Å². The molecule has 1 N–H and O–H groups in total. The molecule has 0 radical (unpaired) electrons. The SMILES string of the molecule is Cc1c(C(=O)NCc2cccc(COCc3ccco3)c2)nnn1-c1cccc(Br)c1. The lowest BCUT2D eigenvalue weighted by Crippen LogP contribution is -2.24. The summed E-state index contributed by atoms with van der Waals surface area (Å²) in [5.74, 6) is 0.521. The fourth-order valence-corrected chi connectivity index (χ4v) is 3.54. The highest BCUT2D eigenvalue weighted by molar-refractivity contribution is 9.10. The van der Waals surface area contributed by atoms with E-state index in [1.165, 1.54) is 0 Å². The molecule has 0 aliphatic heterocycles. The number of furan rings is 1. The van der Waals surface area contributed by atoms with E-state index in [1.807, 2.05) is 67.6 Å². The van der Waals surface area contributed by atoms with Crippen molar-refractivity contribution in [1.82, 2.24) is 20.3 Å². The second-order valence-corrected chi connectivity index (χ2v) is 7.91. The average Bonchev–Trinajstić information content (AvgIpc) is 3.42. The number of carbonyl (C=O) groups excluding carboxylic acids is 1. The van der Waals surface area contributed by atoms with Gasteiger partial charge in [-0.05, 0) is 48.4 Å². The Hall–Kier alpha value is -3.23. The summed E-state index contributed by atoms with van der Waals surface area (Å²) in [6.45, 7) is 3.09. The van der Waals surface area contributed by atoms with Crippen molar-refractivity contribution >= 4 is 21.8 Å². The highest BCUT2D eigenvalue weighted by Gasteiger charge is 2.17. The number of nitrogens with zero attached hydrogens (tertiary/aromatic N) is 3. The topological polar surface area (TPSA) is 82.2 Å². The lowest BCUT2D eigenvalue weighted by molar-refractivity contribution is 0.0928. The summed E-state index contributed by atoms with van der Waals surface area (Å²) in [5, 5.41) is 11.1. The minimum atomic E-state index is -0.266. The van der Waals surface area contributed by atoms with Crippen molar-refractivity contribution in [2.24, 2.45) is 0 Å². The summed E-state index contributed by atoms with van der Waals surface area (Å²) in [5.41, 5.74) is 3.81. The third-order valence-corrected chi connectivity index (χ3v) is 5.19. The predicted molar refractivity (Wildman–Crippen MR) is 119 cm³/mol. The maximum Gasteiger partial charge on any atom is 0.274 e. The number of hydrogen-bond donors (Lipinski definition) is 1. The van der Waals surface area contributed by atoms with E-state index in [2.05, 4.69) is 31.6 Å². The van der Waals surface area contributed by atoms with E-state index in [0.717, 1.165) is 27.0 Å². The molecule has 7 nitrogen and oxygen atoms in total. The number of benzene rings is 2. The molecule has 0 spiro atoms. The lowest BCUT2D eigenvalue weighted by Gasteiger charge is -2.08. The van der Waals surface area contributed by atoms with Crippen LogP contribution in [0.3, 0.4) is 0 Å². The summed E-state index contributed by atoms with van der Waals surface area (Å²) in [6.07, 6.45) is 1.63. The first-order chi connectivity index (χ1) is 15.1. The molecule has 8 heteroatoms. The minimum Gasteiger partial charge on any atom is -0.467 e. The molecule has 0 aliphatic rings. The van der Waals surface area contributed by atoms with Crippen LogP contribution >= 0.6 is 15.9 Å². The Bertz CT molecular complexity index is 1170. The van der Waals surface area contributed by atoms with Gasteiger partial charge in [0, 0.05) is 11.0 Å². The van der Waals surface area contributed by atoms with Gasteiger partial charge in [-0.2, -0.15) is 0 Å². The van der Waals surface area contributed by atoms with Gasteiger partial charge in [0.25, 0.3) is 5.91 Å². The molecule has 1 amide bonds. The average molecular weight is 481 g/mol. The molecule has 0 fully saturated rings. The monoisotopic (exact) mass is 480 g/mol. The van der Waals surface area contributed by atoms with Gasteiger partial charge in [-0.3, -0.25) is 4.79 Å². The molecule has 0 aliphatic carbocycles. The fourth-order valence-electron chi connectivity index (χ4n) is 3.15. The standard InChI is InChI=1S/C23H21BrN4O3/c1-16-22(26-27-28(16)20-8-3-7-19(24)12-20)23(29)25-13-17-5-2-6-18(11-17)14-30-15-21-9-4-10-31-21/h2-12H,13-15H2,1H3,(H,25,29). The molecule has 2 aromatic carbocycles. The number of halogens is 1. The number of nitrogens with one attached hydrogen (secondary N) is 1. The second kappa shape index (κ2) is 9.72. The first kappa shape index (κ1) is 21.0. The van der Waals surface area contributed by atoms with Crippen LogP contribution in [0.5, 0.6) is 0 Å². The van der Waals surface area contributed by atoms with E-state index < -0.39 is 0 Å². The van der Waals surface area contributed by atoms with Gasteiger partial charge >= 0.3 is 0 Å². The number of carbonyl (C=O) groups is 1. The quantitative estimate of drug-likeness (QED) is 0.399. The normalized spacial score (nSPS) is 10.9. The van der Waals surface area contributed by atoms with Crippen molar-refractivity contribution in [3.05, 3.63) is 99.7 Å². The summed E-state index contributed by atoms with van der Waals surface area (Å²) in [7, 11) is 0. The Balaban J connectivity index is 1.35. The fraction of sp³-hybridized carbons (Fsp3) is 0.174. The third-order valence-electron chi connectivity index (χ3n) is 4.70. The van der Waals surface area contributed by atoms with Crippen LogP contribution in [-0.4, -0.2) is 20.9 Å². The zero-order valence-corrected chi connectivity index (χ0v) is 18.5. The van der Waals surface area contributed by atoms with Crippen LogP contribution in [0.4, 0.5) is 0 Å². The highest BCUT2D eigenvalue weighted by atomic mass is 79.9. The summed E-state index contributed by atoms with van der Waals surface area (Å²) < 4.78 is 13.5. The van der Waals surface area contributed by atoms with Crippen LogP contribution in [0.25, 0.3) is 5.69 Å². The van der Waals surface area contributed by atoms with Gasteiger partial charge < -0.3 is 14.5 Å². The zero-order valence-electron chi connectivity index (χ0n) is 16.9. The molecule has 4 aromatic rings. The highest BCUT2D eigenvalue weighted by Crippen LogP contribution is 2.17. The largest absolute Gasteiger partial charge is 0.467 e. The molecule has 158 valence electrons. The first-order valence-corrected chi connectivity index (χ1v) is 10.5. The van der Waals surface area contributed by atoms with Crippen LogP contribution < -0.4 is 5.32 Å². The van der Waals surface area contributed by atoms with Crippen molar-refractivity contribution in [3.8, 4) is 5.69 Å². The zero-order chi connectivity index (χ0) is 21.6. The maximum atomic E-state index is 12.7. The van der Waals surface area contributed by atoms with Crippen molar-refractivity contribution in [3.63, 3.8) is 0 Å². The summed E-state index contributed by atoms with van der Waals surface area (Å²) in [4.78, 5) is 12.7. The molecule has 2 aromatic heterocycles. The van der Waals surface area contributed by atoms with Gasteiger partial charge in [0.05, 0.1) is 24.3 Å². The predicted octanol–water partition coefficient (Wildman–Crippen LogP) is 4.58. The molecule has 0 saturated heterocycles. The molecule has 0 bridgehead atoms. The molecule has 2 heterocycles. The van der Waals surface area contributed by atoms with Crippen molar-refractivity contribution in [2.45, 2.75) is 26.7 Å². The Morgan fingerprint density at radius 2 is 1.94 bits per heavy atom. The van der Waals surface area contributed by atoms with Crippen LogP contribution in [0.2, 0.25) is 0 Å². The summed E-state index contributed by atoms with van der Waals surface area (Å²) >= 11 is 3.45. The number of aromatic nitrogens is 3. The Morgan fingerprint density at radius 1 is 1.10 bits per heavy atom. The number of ether oxygens (including phenoxy) is 1. The second-order valence-electron chi connectivity index (χ2n) is 6.99. The molecule has 31 heavy (non-hydrogen) atoms. The van der Waals surface area contributed by atoms with Crippen molar-refractivity contribution < 1.29 is 13.9 Å². The molecule has 0 atom stereocenters. The third kappa shape index (κ3) is 5.28. The molecular weight excluding hydrogens is 460 g/mol. The minimum absolute atomic E-state index is 0.266. The van der Waals surface area contributed by atoms with E-state index in [-0.39, 0.29) is 5.91 Å². The van der Waals surface area contributed by atoms with E-state index in [1.54, 1.807) is 10.9 Å². The molecule has 0 unspecified atom stereocenters. The Labute approximate surface area is 188 Å². The van der Waals surface area contributed by atoms with E-state index >= 15 is 0 Å². The van der Waals surface area contributed by atoms with Gasteiger partial charge in [-0.15, -0.1) is 5.10 Å². The van der Waals surface area contributed by atoms with Gasteiger partial charge in [-0.1, -0.05) is 51.5 Å². The van der Waals surface area contributed by atoms with E-state index in [9.17, 15) is 4.79 Å². The van der Waals surface area contributed by atoms with E-state index in [4.69, 9.17) is 9.15 Å². The van der Waals surface area contributed by atoms with Crippen molar-refractivity contribution in [2.75, 3.05) is 0 Å². The number of amides is 1. The van der Waals surface area contributed by atoms with Crippen molar-refractivity contribution in [1.29, 1.82) is 0 Å². The lowest BCUT2D eigenvalue weighted by atomic mass is 10.1. The molecular formula is C23H21BrN4O3. The van der Waals surface area contributed by atoms with Gasteiger partial charge in [0.15, 0.2) is 5.69 Å². The van der Waals surface area contributed by atoms with Gasteiger partial charge in [0.2, 0.25) is 0 Å². The van der Waals surface area contributed by atoms with Gasteiger partial charge in [-0.25, -0.2) is 4.68 Å². The smallest absolute Gasteiger partial charge is 0.274 e. The summed E-state index contributed by atoms with van der Waals surface area (Å²) in [6, 6.07) is 19.3. The van der Waals surface area contributed by atoms with Gasteiger partial charge in [0.1, 0.15) is 12.4 Å². The van der Waals surface area contributed by atoms with Crippen LogP contribution in [0.15, 0.2) is 75.8 Å². The van der Waals surface area contributed by atoms with Crippen LogP contribution in [-0.2, 0) is 24.5 Å². The maximum absolute atomic E-state index is 12.7. The Kier molecular flexibility index (Phi) is 6.59. The molecule has 0 saturated carbocycles. The van der Waals surface area contributed by atoms with Crippen LogP contribution in [0, 0.1) is 6.92 Å². The molecule has 4 rings (SSSR count). The first-order valence-electron chi connectivity index (χ1n) is 9.74. The number of hydrogen-bond acceptors (Lipinski definition) is 5. The number of rotatable bonds is 8. The Morgan fingerprint density at radius 3 is 2.74 bits per heavy atom.